The van der Waals surface area contributed by atoms with Crippen LogP contribution in [0.3, 0.4) is 0 Å². The van der Waals surface area contributed by atoms with Crippen molar-refractivity contribution in [3.63, 3.8) is 0 Å². The second kappa shape index (κ2) is 25.6. The Morgan fingerprint density at radius 2 is 1.43 bits per heavy atom. The van der Waals surface area contributed by atoms with Crippen molar-refractivity contribution in [3.8, 4) is 23.0 Å². The Labute approximate surface area is 443 Å². The van der Waals surface area contributed by atoms with Gasteiger partial charge >= 0.3 is 6.03 Å². The first kappa shape index (κ1) is 56.5. The van der Waals surface area contributed by atoms with Crippen LogP contribution in [0, 0.1) is 5.92 Å². The van der Waals surface area contributed by atoms with Crippen LogP contribution in [0.2, 0.25) is 0 Å². The van der Waals surface area contributed by atoms with Crippen LogP contribution in [0.4, 0.5) is 21.9 Å². The second-order valence-electron chi connectivity index (χ2n) is 20.2. The first-order valence-electron chi connectivity index (χ1n) is 25.9. The number of amides is 6. The number of aliphatic hydroxyl groups is 2. The van der Waals surface area contributed by atoms with Gasteiger partial charge in [0.25, 0.3) is 11.8 Å². The smallest absolute Gasteiger partial charge is 0.312 e. The Kier molecular flexibility index (Phi) is 19.0. The number of benzene rings is 3. The quantitative estimate of drug-likeness (QED) is 0.0390. The third-order valence-corrected chi connectivity index (χ3v) is 13.5. The molecule has 0 radical (unpaired) electrons. The number of primary amides is 1. The summed E-state index contributed by atoms with van der Waals surface area (Å²) in [4.78, 5) is 74.9. The molecular formula is C55H73N9O12. The molecule has 4 heterocycles. The molecule has 3 aromatic carbocycles. The van der Waals surface area contributed by atoms with Gasteiger partial charge in [-0.2, -0.15) is 0 Å². The number of nitrogens with one attached hydrogen (secondary N) is 4. The number of rotatable bonds is 25. The van der Waals surface area contributed by atoms with Gasteiger partial charge in [-0.15, -0.1) is 0 Å². The Morgan fingerprint density at radius 1 is 0.803 bits per heavy atom. The van der Waals surface area contributed by atoms with Crippen molar-refractivity contribution >= 4 is 52.9 Å². The van der Waals surface area contributed by atoms with Gasteiger partial charge in [0, 0.05) is 49.0 Å². The molecule has 0 bridgehead atoms. The van der Waals surface area contributed by atoms with Gasteiger partial charge in [-0.25, -0.2) is 4.79 Å². The second-order valence-corrected chi connectivity index (χ2v) is 20.2. The Bertz CT molecular complexity index is 2690. The summed E-state index contributed by atoms with van der Waals surface area (Å²) in [6, 6.07) is 10.2. The molecule has 0 spiro atoms. The van der Waals surface area contributed by atoms with Crippen molar-refractivity contribution in [2.75, 3.05) is 44.2 Å². The lowest BCUT2D eigenvalue weighted by atomic mass is 10.0. The zero-order valence-corrected chi connectivity index (χ0v) is 44.6. The van der Waals surface area contributed by atoms with E-state index in [1.807, 2.05) is 47.7 Å². The Morgan fingerprint density at radius 3 is 2.08 bits per heavy atom. The maximum atomic E-state index is 14.2. The molecular weight excluding hydrogens is 979 g/mol. The van der Waals surface area contributed by atoms with Crippen molar-refractivity contribution in [3.05, 3.63) is 88.8 Å². The Hall–Kier alpha value is -7.20. The topological polar surface area (TPSA) is 268 Å². The van der Waals surface area contributed by atoms with Crippen LogP contribution >= 0.6 is 0 Å². The number of carbonyl (C=O) groups excluding carboxylic acids is 5. The van der Waals surface area contributed by atoms with E-state index in [0.29, 0.717) is 66.3 Å². The fourth-order valence-corrected chi connectivity index (χ4v) is 9.64. The molecule has 4 aliphatic heterocycles. The van der Waals surface area contributed by atoms with Crippen LogP contribution in [0.1, 0.15) is 113 Å². The number of aliphatic imine (C=N–C) groups is 1. The molecule has 8 N–H and O–H groups in total. The van der Waals surface area contributed by atoms with E-state index in [1.54, 1.807) is 59.8 Å². The predicted molar refractivity (Wildman–Crippen MR) is 286 cm³/mol. The van der Waals surface area contributed by atoms with E-state index in [0.717, 1.165) is 24.0 Å². The minimum atomic E-state index is -1.75. The van der Waals surface area contributed by atoms with Crippen molar-refractivity contribution < 1.29 is 57.9 Å². The maximum absolute atomic E-state index is 14.2. The first-order chi connectivity index (χ1) is 36.4. The molecule has 6 amide bonds. The lowest BCUT2D eigenvalue weighted by molar-refractivity contribution is -0.129. The van der Waals surface area contributed by atoms with Gasteiger partial charge in [0.2, 0.25) is 18.2 Å². The number of hydrogen-bond acceptors (Lipinski definition) is 15. The van der Waals surface area contributed by atoms with E-state index in [-0.39, 0.29) is 78.7 Å². The molecule has 3 aromatic rings. The van der Waals surface area contributed by atoms with Gasteiger partial charge in [0.15, 0.2) is 29.2 Å². The summed E-state index contributed by atoms with van der Waals surface area (Å²) < 4.78 is 29.7. The van der Waals surface area contributed by atoms with E-state index in [1.165, 1.54) is 30.1 Å². The monoisotopic (exact) mass is 1050 g/mol. The molecule has 4 aliphatic rings. The average molecular weight is 1050 g/mol. The number of unbranched alkanes of at least 4 members (excludes halogenated alkanes) is 2. The minimum Gasteiger partial charge on any atom is -0.493 e. The highest BCUT2D eigenvalue weighted by Crippen LogP contribution is 2.43. The molecule has 21 heteroatoms. The van der Waals surface area contributed by atoms with Crippen molar-refractivity contribution in [1.82, 2.24) is 25.8 Å². The minimum absolute atomic E-state index is 0.0258. The number of ether oxygens (including phenoxy) is 5. The zero-order valence-electron chi connectivity index (χ0n) is 44.6. The third kappa shape index (κ3) is 13.6. The Balaban J connectivity index is 0.980. The van der Waals surface area contributed by atoms with Crippen LogP contribution in [0.25, 0.3) is 0 Å². The predicted octanol–water partition coefficient (Wildman–Crippen LogP) is 5.81. The number of nitrogens with two attached hydrogens (primary N) is 1. The van der Waals surface area contributed by atoms with Crippen LogP contribution in [-0.4, -0.2) is 133 Å². The summed E-state index contributed by atoms with van der Waals surface area (Å²) in [5.41, 5.74) is 9.54. The molecule has 76 heavy (non-hydrogen) atoms. The van der Waals surface area contributed by atoms with Crippen molar-refractivity contribution in [2.24, 2.45) is 16.6 Å². The van der Waals surface area contributed by atoms with E-state index < -0.39 is 48.6 Å². The molecule has 0 aliphatic carbocycles. The molecule has 0 saturated carbocycles. The standard InChI is InChI=1S/C55H73N9O12/c1-31(2)48(59-32(3)4)50(66)61-40(13-12-18-57-54(56)70)49(65)60-36-16-14-35(15-17-36)30-76-55(71)64-42-26-47(45(73-8)24-39(42)52(68)63-29-34(6)22-43(63)53(64)69)75-20-11-9-10-19-74-46-25-41-38(23-44(46)72-7)51(67)62-28-33(5)21-37(62)27-58-41/h14-17,23-29,31-32,37,40,43,48,53,55,59,69,71H,9-13,18-22,30H2,1-8H3,(H,60,65)(H,61,66)(H3,56,57,70)/t37?,40-,43?,48-,53?,55?/m0/s1. The highest BCUT2D eigenvalue weighted by atomic mass is 16.6. The lowest BCUT2D eigenvalue weighted by Gasteiger charge is -2.36. The van der Waals surface area contributed by atoms with Gasteiger partial charge in [-0.05, 0) is 94.5 Å². The summed E-state index contributed by atoms with van der Waals surface area (Å²) >= 11 is 0. The van der Waals surface area contributed by atoms with Crippen molar-refractivity contribution in [1.29, 1.82) is 0 Å². The summed E-state index contributed by atoms with van der Waals surface area (Å²) in [7, 11) is 3.00. The third-order valence-electron chi connectivity index (χ3n) is 13.5. The molecule has 0 saturated heterocycles. The number of fused-ring (bicyclic) bond motifs is 4. The van der Waals surface area contributed by atoms with Crippen LogP contribution in [-0.2, 0) is 20.9 Å². The van der Waals surface area contributed by atoms with Gasteiger partial charge in [0.05, 0.1) is 74.7 Å². The molecule has 0 fully saturated rings. The number of carbonyl (C=O) groups is 5. The van der Waals surface area contributed by atoms with E-state index in [9.17, 15) is 34.2 Å². The highest BCUT2D eigenvalue weighted by Gasteiger charge is 2.45. The van der Waals surface area contributed by atoms with Gasteiger partial charge in [-0.3, -0.25) is 29.1 Å². The largest absolute Gasteiger partial charge is 0.493 e. The molecule has 4 unspecified atom stereocenters. The number of anilines is 2. The number of aliphatic hydroxyl groups excluding tert-OH is 2. The highest BCUT2D eigenvalue weighted by molar-refractivity contribution is 6.05. The molecule has 7 rings (SSSR count). The van der Waals surface area contributed by atoms with Gasteiger partial charge in [0.1, 0.15) is 6.04 Å². The van der Waals surface area contributed by atoms with Crippen molar-refractivity contribution in [2.45, 2.75) is 136 Å². The van der Waals surface area contributed by atoms with E-state index in [2.05, 4.69) is 26.3 Å². The number of hydrogen-bond donors (Lipinski definition) is 7. The van der Waals surface area contributed by atoms with Gasteiger partial charge in [-0.1, -0.05) is 51.0 Å². The molecule has 21 nitrogen and oxygen atoms in total. The van der Waals surface area contributed by atoms with Crippen LogP contribution in [0.15, 0.2) is 77.1 Å². The van der Waals surface area contributed by atoms with Crippen LogP contribution < -0.4 is 50.8 Å². The number of urea groups is 1. The zero-order chi connectivity index (χ0) is 54.8. The fraction of sp³-hybridized carbons (Fsp3) is 0.491. The number of nitrogens with zero attached hydrogens (tertiary/aromatic N) is 4. The maximum Gasteiger partial charge on any atom is 0.312 e. The molecule has 410 valence electrons. The van der Waals surface area contributed by atoms with Crippen LogP contribution in [0.5, 0.6) is 23.0 Å². The normalized spacial score (nSPS) is 18.8. The van der Waals surface area contributed by atoms with Gasteiger partial charge < -0.3 is 70.7 Å². The SMILES string of the molecule is COc1cc2c(cc1OCCCCCOc1cc3c(cc1OC)C(=O)N1C=C(C)CC1C(O)N3C(O)OCc1ccc(NC(=O)[C@H](CCCNC(N)=O)NC(=O)[C@@H](NC(C)C)C(C)C)cc1)N=CC1CC(C)=CN1C2=O. The summed E-state index contributed by atoms with van der Waals surface area (Å²) in [5.74, 6) is 0.112. The lowest BCUT2D eigenvalue weighted by Crippen LogP contribution is -2.54. The van der Waals surface area contributed by atoms with E-state index in [4.69, 9.17) is 29.4 Å². The average Bonchev–Trinajstić information content (AvgIpc) is 3.95. The summed E-state index contributed by atoms with van der Waals surface area (Å²) in [6.45, 7) is 12.3. The first-order valence-corrected chi connectivity index (χ1v) is 25.9. The fourth-order valence-electron chi connectivity index (χ4n) is 9.64. The number of methoxy groups -OCH3 is 2. The summed E-state index contributed by atoms with van der Waals surface area (Å²) in [6.07, 6.45) is 5.90. The molecule has 6 atom stereocenters. The van der Waals surface area contributed by atoms with E-state index >= 15 is 0 Å². The summed E-state index contributed by atoms with van der Waals surface area (Å²) in [5, 5.41) is 35.3. The molecule has 0 aromatic heterocycles.